The van der Waals surface area contributed by atoms with Crippen molar-refractivity contribution in [3.63, 3.8) is 0 Å². The standard InChI is InChI=1S/C14H9Cl2FO3/c15-7-1-3-10(12(16)5-7)9-4-2-8(17)6-11(9)13(18)14(19)20/h1-6,13,18H,(H,19,20). The van der Waals surface area contributed by atoms with Crippen LogP contribution in [-0.4, -0.2) is 16.2 Å². The molecule has 0 aliphatic carbocycles. The number of benzene rings is 2. The Morgan fingerprint density at radius 1 is 1.10 bits per heavy atom. The number of hydrogen-bond acceptors (Lipinski definition) is 2. The molecule has 3 nitrogen and oxygen atoms in total. The predicted octanol–water partition coefficient (Wildman–Crippen LogP) is 3.92. The highest BCUT2D eigenvalue weighted by atomic mass is 35.5. The zero-order chi connectivity index (χ0) is 14.9. The molecule has 2 rings (SSSR count). The van der Waals surface area contributed by atoms with Gasteiger partial charge in [-0.15, -0.1) is 0 Å². The zero-order valence-electron chi connectivity index (χ0n) is 9.98. The van der Waals surface area contributed by atoms with Gasteiger partial charge in [0.25, 0.3) is 0 Å². The maximum Gasteiger partial charge on any atom is 0.337 e. The summed E-state index contributed by atoms with van der Waals surface area (Å²) in [6.45, 7) is 0. The minimum absolute atomic E-state index is 0.0678. The smallest absolute Gasteiger partial charge is 0.337 e. The van der Waals surface area contributed by atoms with Crippen molar-refractivity contribution in [2.24, 2.45) is 0 Å². The summed E-state index contributed by atoms with van der Waals surface area (Å²) in [5, 5.41) is 19.3. The van der Waals surface area contributed by atoms with Crippen molar-refractivity contribution in [3.8, 4) is 11.1 Å². The van der Waals surface area contributed by atoms with Crippen LogP contribution in [0, 0.1) is 5.82 Å². The Hall–Kier alpha value is -1.62. The Morgan fingerprint density at radius 2 is 1.75 bits per heavy atom. The average molecular weight is 315 g/mol. The Labute approximate surface area is 124 Å². The summed E-state index contributed by atoms with van der Waals surface area (Å²) in [6.07, 6.45) is -1.84. The lowest BCUT2D eigenvalue weighted by Gasteiger charge is -2.14. The molecule has 2 aromatic carbocycles. The Morgan fingerprint density at radius 3 is 2.35 bits per heavy atom. The van der Waals surface area contributed by atoms with E-state index in [2.05, 4.69) is 0 Å². The molecular weight excluding hydrogens is 306 g/mol. The van der Waals surface area contributed by atoms with Crippen LogP contribution in [0.5, 0.6) is 0 Å². The molecular formula is C14H9Cl2FO3. The highest BCUT2D eigenvalue weighted by Gasteiger charge is 2.22. The van der Waals surface area contributed by atoms with Crippen LogP contribution in [0.1, 0.15) is 11.7 Å². The van der Waals surface area contributed by atoms with E-state index in [0.717, 1.165) is 6.07 Å². The van der Waals surface area contributed by atoms with Crippen LogP contribution < -0.4 is 0 Å². The lowest BCUT2D eigenvalue weighted by molar-refractivity contribution is -0.146. The molecule has 20 heavy (non-hydrogen) atoms. The van der Waals surface area contributed by atoms with E-state index in [-0.39, 0.29) is 10.6 Å². The third kappa shape index (κ3) is 2.93. The first kappa shape index (κ1) is 14.8. The van der Waals surface area contributed by atoms with Gasteiger partial charge in [-0.3, -0.25) is 0 Å². The molecule has 1 unspecified atom stereocenters. The van der Waals surface area contributed by atoms with E-state index in [9.17, 15) is 14.3 Å². The summed E-state index contributed by atoms with van der Waals surface area (Å²) in [6, 6.07) is 8.14. The lowest BCUT2D eigenvalue weighted by atomic mass is 9.96. The molecule has 0 aliphatic rings. The van der Waals surface area contributed by atoms with Crippen molar-refractivity contribution in [2.45, 2.75) is 6.10 Å². The Kier molecular flexibility index (Phi) is 4.28. The van der Waals surface area contributed by atoms with E-state index >= 15 is 0 Å². The maximum atomic E-state index is 13.3. The van der Waals surface area contributed by atoms with E-state index in [1.54, 1.807) is 12.1 Å². The van der Waals surface area contributed by atoms with Crippen LogP contribution in [-0.2, 0) is 4.79 Å². The third-order valence-electron chi connectivity index (χ3n) is 2.76. The fraction of sp³-hybridized carbons (Fsp3) is 0.0714. The van der Waals surface area contributed by atoms with E-state index in [0.29, 0.717) is 16.1 Å². The lowest BCUT2D eigenvalue weighted by Crippen LogP contribution is -2.12. The number of hydrogen-bond donors (Lipinski definition) is 2. The van der Waals surface area contributed by atoms with Crippen molar-refractivity contribution in [3.05, 3.63) is 57.8 Å². The molecule has 2 N–H and O–H groups in total. The van der Waals surface area contributed by atoms with Crippen LogP contribution in [0.25, 0.3) is 11.1 Å². The van der Waals surface area contributed by atoms with E-state index in [1.165, 1.54) is 18.2 Å². The fourth-order valence-corrected chi connectivity index (χ4v) is 2.36. The molecule has 0 radical (unpaired) electrons. The molecule has 1 atom stereocenters. The number of rotatable bonds is 3. The largest absolute Gasteiger partial charge is 0.479 e. The fourth-order valence-electron chi connectivity index (χ4n) is 1.85. The van der Waals surface area contributed by atoms with Crippen molar-refractivity contribution in [1.29, 1.82) is 0 Å². The second kappa shape index (κ2) is 5.79. The maximum absolute atomic E-state index is 13.3. The Bertz CT molecular complexity index is 673. The van der Waals surface area contributed by atoms with Crippen LogP contribution in [0.3, 0.4) is 0 Å². The summed E-state index contributed by atoms with van der Waals surface area (Å²) < 4.78 is 13.3. The van der Waals surface area contributed by atoms with E-state index in [1.807, 2.05) is 0 Å². The van der Waals surface area contributed by atoms with Crippen molar-refractivity contribution in [1.82, 2.24) is 0 Å². The highest BCUT2D eigenvalue weighted by molar-refractivity contribution is 6.36. The summed E-state index contributed by atoms with van der Waals surface area (Å²) >= 11 is 11.8. The van der Waals surface area contributed by atoms with Gasteiger partial charge < -0.3 is 10.2 Å². The average Bonchev–Trinajstić information content (AvgIpc) is 2.38. The summed E-state index contributed by atoms with van der Waals surface area (Å²) in [4.78, 5) is 10.9. The Balaban J connectivity index is 2.64. The molecule has 0 saturated carbocycles. The molecule has 104 valence electrons. The molecule has 0 saturated heterocycles. The van der Waals surface area contributed by atoms with Gasteiger partial charge in [0.15, 0.2) is 6.10 Å². The molecule has 0 fully saturated rings. The van der Waals surface area contributed by atoms with Gasteiger partial charge in [-0.2, -0.15) is 0 Å². The highest BCUT2D eigenvalue weighted by Crippen LogP contribution is 2.35. The number of halogens is 3. The molecule has 0 spiro atoms. The zero-order valence-corrected chi connectivity index (χ0v) is 11.5. The monoisotopic (exact) mass is 314 g/mol. The molecule has 0 aromatic heterocycles. The SMILES string of the molecule is O=C(O)C(O)c1cc(F)ccc1-c1ccc(Cl)cc1Cl. The van der Waals surface area contributed by atoms with Gasteiger partial charge in [0.1, 0.15) is 5.82 Å². The number of carboxylic acids is 1. The van der Waals surface area contributed by atoms with E-state index in [4.69, 9.17) is 28.3 Å². The minimum Gasteiger partial charge on any atom is -0.479 e. The van der Waals surface area contributed by atoms with Crippen molar-refractivity contribution >= 4 is 29.2 Å². The quantitative estimate of drug-likeness (QED) is 0.902. The predicted molar refractivity (Wildman–Crippen MR) is 74.5 cm³/mol. The molecule has 0 aliphatic heterocycles. The molecule has 0 bridgehead atoms. The third-order valence-corrected chi connectivity index (χ3v) is 3.31. The number of aliphatic hydroxyl groups is 1. The van der Waals surface area contributed by atoms with Gasteiger partial charge in [0, 0.05) is 21.2 Å². The van der Waals surface area contributed by atoms with Crippen LogP contribution in [0.2, 0.25) is 10.0 Å². The summed E-state index contributed by atoms with van der Waals surface area (Å²) in [5.74, 6) is -2.11. The van der Waals surface area contributed by atoms with Crippen molar-refractivity contribution < 1.29 is 19.4 Å². The first-order valence-corrected chi connectivity index (χ1v) is 6.31. The second-order valence-electron chi connectivity index (χ2n) is 4.10. The van der Waals surface area contributed by atoms with Crippen LogP contribution >= 0.6 is 23.2 Å². The van der Waals surface area contributed by atoms with Crippen LogP contribution in [0.4, 0.5) is 4.39 Å². The number of carboxylic acid groups (broad SMARTS) is 1. The van der Waals surface area contributed by atoms with Crippen molar-refractivity contribution in [2.75, 3.05) is 0 Å². The van der Waals surface area contributed by atoms with Gasteiger partial charge in [-0.25, -0.2) is 9.18 Å². The molecule has 6 heteroatoms. The van der Waals surface area contributed by atoms with E-state index < -0.39 is 17.9 Å². The number of carbonyl (C=O) groups is 1. The minimum atomic E-state index is -1.84. The normalized spacial score (nSPS) is 12.2. The van der Waals surface area contributed by atoms with Gasteiger partial charge in [0.2, 0.25) is 0 Å². The summed E-state index contributed by atoms with van der Waals surface area (Å²) in [7, 11) is 0. The van der Waals surface area contributed by atoms with Crippen LogP contribution in [0.15, 0.2) is 36.4 Å². The number of aliphatic carboxylic acids is 1. The van der Waals surface area contributed by atoms with Gasteiger partial charge in [-0.05, 0) is 29.8 Å². The summed E-state index contributed by atoms with van der Waals surface area (Å²) in [5.41, 5.74) is 0.732. The van der Waals surface area contributed by atoms with Gasteiger partial charge in [0.05, 0.1) is 0 Å². The molecule has 0 amide bonds. The topological polar surface area (TPSA) is 57.5 Å². The molecule has 2 aromatic rings. The first-order chi connectivity index (χ1) is 9.40. The first-order valence-electron chi connectivity index (χ1n) is 5.56. The van der Waals surface area contributed by atoms with Gasteiger partial charge >= 0.3 is 5.97 Å². The second-order valence-corrected chi connectivity index (χ2v) is 4.94. The number of aliphatic hydroxyl groups excluding tert-OH is 1. The molecule has 0 heterocycles. The van der Waals surface area contributed by atoms with Gasteiger partial charge in [-0.1, -0.05) is 35.3 Å².